The van der Waals surface area contributed by atoms with Gasteiger partial charge in [-0.2, -0.15) is 5.10 Å². The lowest BCUT2D eigenvalue weighted by atomic mass is 10.0. The molecule has 0 spiro atoms. The zero-order chi connectivity index (χ0) is 13.1. The van der Waals surface area contributed by atoms with E-state index in [1.807, 2.05) is 13.2 Å². The Morgan fingerprint density at radius 3 is 2.78 bits per heavy atom. The molecule has 0 amide bonds. The van der Waals surface area contributed by atoms with E-state index in [0.717, 1.165) is 5.56 Å². The van der Waals surface area contributed by atoms with Crippen LogP contribution >= 0.6 is 23.2 Å². The largest absolute Gasteiger partial charge is 0.294 e. The Morgan fingerprint density at radius 1 is 1.39 bits per heavy atom. The van der Waals surface area contributed by atoms with Crippen molar-refractivity contribution in [3.63, 3.8) is 0 Å². The molecular formula is C13H12Cl2N2O. The lowest BCUT2D eigenvalue weighted by Gasteiger charge is -2.03. The maximum Gasteiger partial charge on any atom is 0.164 e. The number of hydrogen-bond acceptors (Lipinski definition) is 2. The molecule has 0 atom stereocenters. The highest BCUT2D eigenvalue weighted by Crippen LogP contribution is 2.22. The van der Waals surface area contributed by atoms with E-state index >= 15 is 0 Å². The van der Waals surface area contributed by atoms with Crippen molar-refractivity contribution in [3.8, 4) is 0 Å². The summed E-state index contributed by atoms with van der Waals surface area (Å²) >= 11 is 11.8. The van der Waals surface area contributed by atoms with E-state index in [2.05, 4.69) is 5.10 Å². The zero-order valence-corrected chi connectivity index (χ0v) is 11.4. The van der Waals surface area contributed by atoms with Gasteiger partial charge in [-0.05, 0) is 30.2 Å². The minimum Gasteiger partial charge on any atom is -0.294 e. The predicted molar refractivity (Wildman–Crippen MR) is 72.3 cm³/mol. The van der Waals surface area contributed by atoms with Gasteiger partial charge in [0.25, 0.3) is 0 Å². The van der Waals surface area contributed by atoms with Crippen molar-refractivity contribution in [3.05, 3.63) is 51.8 Å². The third-order valence-corrected chi connectivity index (χ3v) is 3.18. The number of aromatic nitrogens is 2. The van der Waals surface area contributed by atoms with Crippen molar-refractivity contribution in [1.82, 2.24) is 9.78 Å². The fourth-order valence-corrected chi connectivity index (χ4v) is 2.22. The SMILES string of the molecule is Cn1cc(CCC(=O)c2ccc(Cl)cc2Cl)cn1. The van der Waals surface area contributed by atoms with Gasteiger partial charge >= 0.3 is 0 Å². The van der Waals surface area contributed by atoms with Gasteiger partial charge in [-0.1, -0.05) is 23.2 Å². The van der Waals surface area contributed by atoms with E-state index in [1.54, 1.807) is 29.1 Å². The number of carbonyl (C=O) groups excluding carboxylic acids is 1. The summed E-state index contributed by atoms with van der Waals surface area (Å²) in [5.74, 6) is 0.0144. The quantitative estimate of drug-likeness (QED) is 0.804. The monoisotopic (exact) mass is 282 g/mol. The van der Waals surface area contributed by atoms with Gasteiger partial charge < -0.3 is 0 Å². The summed E-state index contributed by atoms with van der Waals surface area (Å²) in [6.07, 6.45) is 4.73. The van der Waals surface area contributed by atoms with Crippen LogP contribution in [0, 0.1) is 0 Å². The highest BCUT2D eigenvalue weighted by Gasteiger charge is 2.11. The predicted octanol–water partition coefficient (Wildman–Crippen LogP) is 3.54. The molecule has 18 heavy (non-hydrogen) atoms. The van der Waals surface area contributed by atoms with Crippen LogP contribution in [-0.2, 0) is 13.5 Å². The molecule has 3 nitrogen and oxygen atoms in total. The topological polar surface area (TPSA) is 34.9 Å². The van der Waals surface area contributed by atoms with Crippen LogP contribution in [0.1, 0.15) is 22.3 Å². The molecule has 0 radical (unpaired) electrons. The maximum absolute atomic E-state index is 12.0. The Balaban J connectivity index is 2.03. The van der Waals surface area contributed by atoms with Gasteiger partial charge in [0.15, 0.2) is 5.78 Å². The molecular weight excluding hydrogens is 271 g/mol. The smallest absolute Gasteiger partial charge is 0.164 e. The zero-order valence-electron chi connectivity index (χ0n) is 9.86. The Hall–Kier alpha value is -1.32. The second kappa shape index (κ2) is 5.55. The third kappa shape index (κ3) is 3.12. The van der Waals surface area contributed by atoms with E-state index in [0.29, 0.717) is 28.5 Å². The molecule has 5 heteroatoms. The first-order valence-corrected chi connectivity index (χ1v) is 6.27. The molecule has 1 aromatic heterocycles. The molecule has 0 unspecified atom stereocenters. The minimum atomic E-state index is 0.0144. The normalized spacial score (nSPS) is 10.6. The van der Waals surface area contributed by atoms with E-state index < -0.39 is 0 Å². The second-order valence-electron chi connectivity index (χ2n) is 4.07. The summed E-state index contributed by atoms with van der Waals surface area (Å²) in [6, 6.07) is 4.92. The molecule has 0 aliphatic carbocycles. The molecule has 0 bridgehead atoms. The van der Waals surface area contributed by atoms with Gasteiger partial charge in [0.1, 0.15) is 0 Å². The van der Waals surface area contributed by atoms with Crippen molar-refractivity contribution in [2.24, 2.45) is 7.05 Å². The molecule has 2 aromatic rings. The van der Waals surface area contributed by atoms with Crippen molar-refractivity contribution >= 4 is 29.0 Å². The molecule has 0 fully saturated rings. The lowest BCUT2D eigenvalue weighted by Crippen LogP contribution is -2.01. The molecule has 0 saturated heterocycles. The first-order chi connectivity index (χ1) is 8.56. The highest BCUT2D eigenvalue weighted by molar-refractivity contribution is 6.36. The number of ketones is 1. The Labute approximate surface area is 115 Å². The van der Waals surface area contributed by atoms with Crippen LogP contribution in [0.4, 0.5) is 0 Å². The number of hydrogen-bond donors (Lipinski definition) is 0. The summed E-state index contributed by atoms with van der Waals surface area (Å²) in [5.41, 5.74) is 1.56. The van der Waals surface area contributed by atoms with E-state index in [1.165, 1.54) is 0 Å². The van der Waals surface area contributed by atoms with Crippen LogP contribution in [0.2, 0.25) is 10.0 Å². The summed E-state index contributed by atoms with van der Waals surface area (Å²) in [7, 11) is 1.85. The molecule has 1 aromatic carbocycles. The standard InChI is InChI=1S/C13H12Cl2N2O/c1-17-8-9(7-16-17)2-5-13(18)11-4-3-10(14)6-12(11)15/h3-4,6-8H,2,5H2,1H3. The summed E-state index contributed by atoms with van der Waals surface area (Å²) in [6.45, 7) is 0. The van der Waals surface area contributed by atoms with Gasteiger partial charge in [-0.15, -0.1) is 0 Å². The van der Waals surface area contributed by atoms with Crippen LogP contribution in [0.15, 0.2) is 30.6 Å². The molecule has 0 aliphatic rings. The average molecular weight is 283 g/mol. The minimum absolute atomic E-state index is 0.0144. The molecule has 0 N–H and O–H groups in total. The van der Waals surface area contributed by atoms with Gasteiger partial charge in [0, 0.05) is 30.3 Å². The van der Waals surface area contributed by atoms with Crippen LogP contribution in [-0.4, -0.2) is 15.6 Å². The fourth-order valence-electron chi connectivity index (χ4n) is 1.71. The Bertz CT molecular complexity index is 578. The van der Waals surface area contributed by atoms with Crippen LogP contribution < -0.4 is 0 Å². The van der Waals surface area contributed by atoms with E-state index in [9.17, 15) is 4.79 Å². The number of carbonyl (C=O) groups is 1. The molecule has 1 heterocycles. The summed E-state index contributed by atoms with van der Waals surface area (Å²) in [5, 5.41) is 4.99. The lowest BCUT2D eigenvalue weighted by molar-refractivity contribution is 0.0983. The van der Waals surface area contributed by atoms with Crippen molar-refractivity contribution in [2.75, 3.05) is 0 Å². The molecule has 94 valence electrons. The van der Waals surface area contributed by atoms with Gasteiger partial charge in [-0.25, -0.2) is 0 Å². The first-order valence-electron chi connectivity index (χ1n) is 5.52. The number of rotatable bonds is 4. The second-order valence-corrected chi connectivity index (χ2v) is 4.91. The number of nitrogens with zero attached hydrogens (tertiary/aromatic N) is 2. The molecule has 0 saturated carbocycles. The van der Waals surface area contributed by atoms with E-state index in [-0.39, 0.29) is 5.78 Å². The summed E-state index contributed by atoms with van der Waals surface area (Å²) in [4.78, 5) is 12.0. The van der Waals surface area contributed by atoms with E-state index in [4.69, 9.17) is 23.2 Å². The van der Waals surface area contributed by atoms with Gasteiger partial charge in [0.05, 0.1) is 11.2 Å². The number of aryl methyl sites for hydroxylation is 2. The molecule has 0 aliphatic heterocycles. The van der Waals surface area contributed by atoms with Crippen molar-refractivity contribution < 1.29 is 4.79 Å². The average Bonchev–Trinajstić information content (AvgIpc) is 2.72. The highest BCUT2D eigenvalue weighted by atomic mass is 35.5. The Kier molecular flexibility index (Phi) is 4.04. The number of Topliss-reactive ketones (excluding diaryl/α,β-unsaturated/α-hetero) is 1. The van der Waals surface area contributed by atoms with Crippen LogP contribution in [0.25, 0.3) is 0 Å². The number of halogens is 2. The third-order valence-electron chi connectivity index (χ3n) is 2.63. The van der Waals surface area contributed by atoms with Crippen LogP contribution in [0.5, 0.6) is 0 Å². The van der Waals surface area contributed by atoms with Gasteiger partial charge in [0.2, 0.25) is 0 Å². The van der Waals surface area contributed by atoms with Crippen LogP contribution in [0.3, 0.4) is 0 Å². The molecule has 2 rings (SSSR count). The Morgan fingerprint density at radius 2 is 2.17 bits per heavy atom. The van der Waals surface area contributed by atoms with Crippen molar-refractivity contribution in [1.29, 1.82) is 0 Å². The fraction of sp³-hybridized carbons (Fsp3) is 0.231. The first kappa shape index (κ1) is 13.1. The van der Waals surface area contributed by atoms with Gasteiger partial charge in [-0.3, -0.25) is 9.48 Å². The summed E-state index contributed by atoms with van der Waals surface area (Å²) < 4.78 is 1.72. The van der Waals surface area contributed by atoms with Crippen molar-refractivity contribution in [2.45, 2.75) is 12.8 Å². The number of benzene rings is 1. The maximum atomic E-state index is 12.0.